The third-order valence-corrected chi connectivity index (χ3v) is 2.93. The Hall–Kier alpha value is -2.49. The van der Waals surface area contributed by atoms with E-state index in [4.69, 9.17) is 9.47 Å². The van der Waals surface area contributed by atoms with Gasteiger partial charge in [0, 0.05) is 17.3 Å². The van der Waals surface area contributed by atoms with E-state index in [1.54, 1.807) is 25.5 Å². The van der Waals surface area contributed by atoms with Crippen LogP contribution in [-0.4, -0.2) is 25.5 Å². The molecule has 0 heterocycles. The molecule has 0 fully saturated rings. The van der Waals surface area contributed by atoms with Crippen LogP contribution in [-0.2, 0) is 6.54 Å². The highest BCUT2D eigenvalue weighted by atomic mass is 16.5. The minimum Gasteiger partial charge on any atom is -0.504 e. The van der Waals surface area contributed by atoms with Gasteiger partial charge in [0.1, 0.15) is 5.75 Å². The number of hydrogen-bond donors (Lipinski definition) is 1. The number of para-hydroxylation sites is 2. The van der Waals surface area contributed by atoms with E-state index in [1.165, 1.54) is 7.11 Å². The van der Waals surface area contributed by atoms with Gasteiger partial charge in [0.05, 0.1) is 20.8 Å². The normalized spacial score (nSPS) is 10.7. The Morgan fingerprint density at radius 3 is 2.45 bits per heavy atom. The van der Waals surface area contributed by atoms with Crippen molar-refractivity contribution in [3.8, 4) is 17.2 Å². The van der Waals surface area contributed by atoms with Gasteiger partial charge in [0.15, 0.2) is 11.5 Å². The molecular weight excluding hydrogens is 254 g/mol. The number of methoxy groups -OCH3 is 2. The summed E-state index contributed by atoms with van der Waals surface area (Å²) in [5.74, 6) is 1.34. The van der Waals surface area contributed by atoms with Crippen molar-refractivity contribution in [2.75, 3.05) is 14.2 Å². The van der Waals surface area contributed by atoms with Crippen LogP contribution in [0.4, 0.5) is 0 Å². The van der Waals surface area contributed by atoms with Gasteiger partial charge < -0.3 is 14.6 Å². The van der Waals surface area contributed by atoms with E-state index in [0.29, 0.717) is 17.9 Å². The molecule has 0 saturated carbocycles. The van der Waals surface area contributed by atoms with Gasteiger partial charge in [-0.05, 0) is 18.2 Å². The summed E-state index contributed by atoms with van der Waals surface area (Å²) in [5.41, 5.74) is 1.62. The molecule has 0 aliphatic carbocycles. The highest BCUT2D eigenvalue weighted by Gasteiger charge is 2.05. The maximum atomic E-state index is 9.95. The Kier molecular flexibility index (Phi) is 4.60. The van der Waals surface area contributed by atoms with Crippen LogP contribution >= 0.6 is 0 Å². The lowest BCUT2D eigenvalue weighted by atomic mass is 10.2. The van der Waals surface area contributed by atoms with Gasteiger partial charge >= 0.3 is 0 Å². The second kappa shape index (κ2) is 6.61. The van der Waals surface area contributed by atoms with Crippen LogP contribution in [0, 0.1) is 0 Å². The number of aliphatic imine (C=N–C) groups is 1. The van der Waals surface area contributed by atoms with Crippen LogP contribution in [0.3, 0.4) is 0 Å². The number of hydrogen-bond acceptors (Lipinski definition) is 4. The predicted octanol–water partition coefficient (Wildman–Crippen LogP) is 3.03. The summed E-state index contributed by atoms with van der Waals surface area (Å²) in [6, 6.07) is 13.0. The lowest BCUT2D eigenvalue weighted by molar-refractivity contribution is 0.373. The van der Waals surface area contributed by atoms with Crippen molar-refractivity contribution in [1.29, 1.82) is 0 Å². The Morgan fingerprint density at radius 2 is 1.70 bits per heavy atom. The fourth-order valence-electron chi connectivity index (χ4n) is 1.88. The van der Waals surface area contributed by atoms with E-state index in [9.17, 15) is 5.11 Å². The molecule has 0 saturated heterocycles. The summed E-state index contributed by atoms with van der Waals surface area (Å²) in [7, 11) is 3.15. The maximum absolute atomic E-state index is 9.95. The first-order valence-electron chi connectivity index (χ1n) is 6.24. The minimum absolute atomic E-state index is 0.0961. The molecule has 0 radical (unpaired) electrons. The van der Waals surface area contributed by atoms with Gasteiger partial charge in [-0.1, -0.05) is 24.3 Å². The standard InChI is InChI=1S/C16H17NO3/c1-19-14-8-4-3-6-12(14)10-17-11-13-7-5-9-15(20-2)16(13)18/h3-9,11,18H,10H2,1-2H3. The van der Waals surface area contributed by atoms with Crippen LogP contribution < -0.4 is 9.47 Å². The summed E-state index contributed by atoms with van der Waals surface area (Å²) in [4.78, 5) is 4.34. The highest BCUT2D eigenvalue weighted by molar-refractivity contribution is 5.84. The van der Waals surface area contributed by atoms with Gasteiger partial charge in [-0.25, -0.2) is 0 Å². The van der Waals surface area contributed by atoms with Crippen molar-refractivity contribution in [2.24, 2.45) is 4.99 Å². The van der Waals surface area contributed by atoms with E-state index in [0.717, 1.165) is 11.3 Å². The third kappa shape index (κ3) is 3.09. The predicted molar refractivity (Wildman–Crippen MR) is 79.0 cm³/mol. The van der Waals surface area contributed by atoms with Crippen molar-refractivity contribution in [1.82, 2.24) is 0 Å². The minimum atomic E-state index is 0.0961. The lowest BCUT2D eigenvalue weighted by Crippen LogP contribution is -1.92. The molecular formula is C16H17NO3. The second-order valence-electron chi connectivity index (χ2n) is 4.18. The zero-order chi connectivity index (χ0) is 14.4. The van der Waals surface area contributed by atoms with Crippen molar-refractivity contribution < 1.29 is 14.6 Å². The van der Waals surface area contributed by atoms with Crippen LogP contribution in [0.5, 0.6) is 17.2 Å². The summed E-state index contributed by atoms with van der Waals surface area (Å²) >= 11 is 0. The molecule has 1 N–H and O–H groups in total. The van der Waals surface area contributed by atoms with Crippen molar-refractivity contribution in [3.63, 3.8) is 0 Å². The Balaban J connectivity index is 2.14. The fourth-order valence-corrected chi connectivity index (χ4v) is 1.88. The Bertz CT molecular complexity index is 608. The van der Waals surface area contributed by atoms with Crippen molar-refractivity contribution in [3.05, 3.63) is 53.6 Å². The van der Waals surface area contributed by atoms with Crippen molar-refractivity contribution in [2.45, 2.75) is 6.54 Å². The molecule has 0 aliphatic heterocycles. The summed E-state index contributed by atoms with van der Waals surface area (Å²) in [6.07, 6.45) is 1.63. The van der Waals surface area contributed by atoms with Crippen LogP contribution in [0.1, 0.15) is 11.1 Å². The number of nitrogens with zero attached hydrogens (tertiary/aromatic N) is 1. The van der Waals surface area contributed by atoms with E-state index < -0.39 is 0 Å². The summed E-state index contributed by atoms with van der Waals surface area (Å²) in [5, 5.41) is 9.95. The van der Waals surface area contributed by atoms with Gasteiger partial charge in [-0.3, -0.25) is 4.99 Å². The number of phenolic OH excluding ortho intramolecular Hbond substituents is 1. The molecule has 20 heavy (non-hydrogen) atoms. The molecule has 4 nitrogen and oxygen atoms in total. The smallest absolute Gasteiger partial charge is 0.166 e. The second-order valence-corrected chi connectivity index (χ2v) is 4.18. The number of benzene rings is 2. The molecule has 0 aromatic heterocycles. The highest BCUT2D eigenvalue weighted by Crippen LogP contribution is 2.28. The van der Waals surface area contributed by atoms with Crippen LogP contribution in [0.25, 0.3) is 0 Å². The van der Waals surface area contributed by atoms with E-state index in [2.05, 4.69) is 4.99 Å². The van der Waals surface area contributed by atoms with Gasteiger partial charge in [-0.2, -0.15) is 0 Å². The number of aromatic hydroxyl groups is 1. The molecule has 104 valence electrons. The number of rotatable bonds is 5. The molecule has 0 unspecified atom stereocenters. The average molecular weight is 271 g/mol. The zero-order valence-electron chi connectivity index (χ0n) is 11.5. The monoisotopic (exact) mass is 271 g/mol. The Morgan fingerprint density at radius 1 is 1.00 bits per heavy atom. The first-order valence-corrected chi connectivity index (χ1v) is 6.24. The first-order chi connectivity index (χ1) is 9.76. The molecule has 0 spiro atoms. The van der Waals surface area contributed by atoms with Gasteiger partial charge in [-0.15, -0.1) is 0 Å². The molecule has 4 heteroatoms. The SMILES string of the molecule is COc1ccccc1CN=Cc1cccc(OC)c1O. The largest absolute Gasteiger partial charge is 0.504 e. The third-order valence-electron chi connectivity index (χ3n) is 2.93. The van der Waals surface area contributed by atoms with Crippen LogP contribution in [0.2, 0.25) is 0 Å². The number of phenols is 1. The fraction of sp³-hybridized carbons (Fsp3) is 0.188. The first kappa shape index (κ1) is 13.9. The zero-order valence-corrected chi connectivity index (χ0v) is 11.5. The molecule has 2 rings (SSSR count). The maximum Gasteiger partial charge on any atom is 0.166 e. The van der Waals surface area contributed by atoms with E-state index in [1.807, 2.05) is 30.3 Å². The summed E-state index contributed by atoms with van der Waals surface area (Å²) in [6.45, 7) is 0.487. The molecule has 0 aliphatic rings. The molecule has 0 bridgehead atoms. The molecule has 0 amide bonds. The Labute approximate surface area is 118 Å². The lowest BCUT2D eigenvalue weighted by Gasteiger charge is -2.06. The average Bonchev–Trinajstić information content (AvgIpc) is 2.49. The number of ether oxygens (including phenoxy) is 2. The molecule has 2 aromatic carbocycles. The van der Waals surface area contributed by atoms with E-state index in [-0.39, 0.29) is 5.75 Å². The molecule has 2 aromatic rings. The quantitative estimate of drug-likeness (QED) is 0.850. The summed E-state index contributed by atoms with van der Waals surface area (Å²) < 4.78 is 10.3. The van der Waals surface area contributed by atoms with Gasteiger partial charge in [0.2, 0.25) is 0 Å². The van der Waals surface area contributed by atoms with Crippen LogP contribution in [0.15, 0.2) is 47.5 Å². The van der Waals surface area contributed by atoms with Crippen molar-refractivity contribution >= 4 is 6.21 Å². The topological polar surface area (TPSA) is 51.0 Å². The van der Waals surface area contributed by atoms with E-state index >= 15 is 0 Å². The van der Waals surface area contributed by atoms with Gasteiger partial charge in [0.25, 0.3) is 0 Å². The molecule has 0 atom stereocenters.